The molecule has 108 valence electrons. The second kappa shape index (κ2) is 6.65. The predicted octanol–water partition coefficient (Wildman–Crippen LogP) is 1.89. The van der Waals surface area contributed by atoms with Gasteiger partial charge in [-0.15, -0.1) is 0 Å². The molecular formula is C13H23FN4O. The van der Waals surface area contributed by atoms with E-state index in [4.69, 9.17) is 0 Å². The summed E-state index contributed by atoms with van der Waals surface area (Å²) in [5.41, 5.74) is -0.174. The smallest absolute Gasteiger partial charge is 0.227 e. The van der Waals surface area contributed by atoms with E-state index in [2.05, 4.69) is 29.1 Å². The molecule has 1 heterocycles. The second-order valence-corrected chi connectivity index (χ2v) is 4.84. The zero-order valence-electron chi connectivity index (χ0n) is 12.1. The van der Waals surface area contributed by atoms with Crippen LogP contribution in [0.2, 0.25) is 0 Å². The Morgan fingerprint density at radius 1 is 1.42 bits per heavy atom. The molecule has 0 bridgehead atoms. The van der Waals surface area contributed by atoms with Gasteiger partial charge in [-0.3, -0.25) is 0 Å². The van der Waals surface area contributed by atoms with Gasteiger partial charge in [0.25, 0.3) is 0 Å². The van der Waals surface area contributed by atoms with E-state index in [1.54, 1.807) is 7.05 Å². The average molecular weight is 270 g/mol. The molecule has 0 saturated carbocycles. The largest absolute Gasteiger partial charge is 0.396 e. The molecule has 5 nitrogen and oxygen atoms in total. The van der Waals surface area contributed by atoms with E-state index in [0.717, 1.165) is 19.0 Å². The fraction of sp³-hybridized carbons (Fsp3) is 0.692. The van der Waals surface area contributed by atoms with E-state index in [-0.39, 0.29) is 17.8 Å². The molecule has 0 unspecified atom stereocenters. The molecule has 0 spiro atoms. The molecule has 1 rings (SSSR count). The molecule has 0 aliphatic heterocycles. The lowest BCUT2D eigenvalue weighted by molar-refractivity contribution is 0.121. The van der Waals surface area contributed by atoms with Gasteiger partial charge in [0, 0.05) is 26.1 Å². The van der Waals surface area contributed by atoms with Crippen molar-refractivity contribution >= 4 is 11.8 Å². The summed E-state index contributed by atoms with van der Waals surface area (Å²) in [7, 11) is 3.47. The van der Waals surface area contributed by atoms with Crippen LogP contribution in [0.1, 0.15) is 26.7 Å². The first-order chi connectivity index (χ1) is 9.01. The molecule has 19 heavy (non-hydrogen) atoms. The van der Waals surface area contributed by atoms with E-state index < -0.39 is 5.82 Å². The molecule has 1 aromatic rings. The van der Waals surface area contributed by atoms with Crippen molar-refractivity contribution in [3.05, 3.63) is 12.0 Å². The third-order valence-corrected chi connectivity index (χ3v) is 3.72. The maximum absolute atomic E-state index is 13.3. The monoisotopic (exact) mass is 270 g/mol. The van der Waals surface area contributed by atoms with Gasteiger partial charge in [-0.2, -0.15) is 4.98 Å². The molecule has 0 fully saturated rings. The van der Waals surface area contributed by atoms with Crippen LogP contribution in [0.15, 0.2) is 6.20 Å². The number of hydrogen-bond donors (Lipinski definition) is 2. The number of halogens is 1. The van der Waals surface area contributed by atoms with Crippen LogP contribution in [0.25, 0.3) is 0 Å². The molecule has 0 amide bonds. The van der Waals surface area contributed by atoms with Crippen molar-refractivity contribution in [2.75, 3.05) is 37.5 Å². The number of aromatic nitrogens is 2. The minimum absolute atomic E-state index is 0.115. The Bertz CT molecular complexity index is 401. The fourth-order valence-electron chi connectivity index (χ4n) is 2.04. The number of rotatable bonds is 7. The van der Waals surface area contributed by atoms with Crippen LogP contribution >= 0.6 is 0 Å². The number of aliphatic hydroxyl groups excluding tert-OH is 1. The average Bonchev–Trinajstić information content (AvgIpc) is 2.45. The molecule has 0 aliphatic rings. The Morgan fingerprint density at radius 2 is 2.05 bits per heavy atom. The van der Waals surface area contributed by atoms with Crippen molar-refractivity contribution in [3.63, 3.8) is 0 Å². The Kier molecular flexibility index (Phi) is 5.47. The number of nitrogens with zero attached hydrogens (tertiary/aromatic N) is 3. The fourth-order valence-corrected chi connectivity index (χ4v) is 2.04. The van der Waals surface area contributed by atoms with E-state index in [1.165, 1.54) is 0 Å². The third-order valence-electron chi connectivity index (χ3n) is 3.72. The lowest BCUT2D eigenvalue weighted by Crippen LogP contribution is -2.38. The maximum Gasteiger partial charge on any atom is 0.227 e. The lowest BCUT2D eigenvalue weighted by Gasteiger charge is -2.34. The highest BCUT2D eigenvalue weighted by atomic mass is 19.1. The molecule has 0 saturated heterocycles. The van der Waals surface area contributed by atoms with Crippen LogP contribution in [0.5, 0.6) is 0 Å². The van der Waals surface area contributed by atoms with Gasteiger partial charge in [0.05, 0.1) is 12.8 Å². The van der Waals surface area contributed by atoms with E-state index in [1.807, 2.05) is 11.9 Å². The van der Waals surface area contributed by atoms with Crippen LogP contribution in [0, 0.1) is 11.2 Å². The van der Waals surface area contributed by atoms with Crippen molar-refractivity contribution in [2.45, 2.75) is 26.7 Å². The minimum Gasteiger partial charge on any atom is -0.396 e. The van der Waals surface area contributed by atoms with Crippen molar-refractivity contribution < 1.29 is 9.50 Å². The number of hydrogen-bond acceptors (Lipinski definition) is 5. The Labute approximate surface area is 113 Å². The first-order valence-electron chi connectivity index (χ1n) is 6.54. The van der Waals surface area contributed by atoms with Gasteiger partial charge in [-0.25, -0.2) is 9.37 Å². The SMILES string of the molecule is CCC(CC)(CO)CN(C)c1ncc(F)c(NC)n1. The van der Waals surface area contributed by atoms with Gasteiger partial charge in [-0.1, -0.05) is 13.8 Å². The summed E-state index contributed by atoms with van der Waals surface area (Å²) < 4.78 is 13.3. The lowest BCUT2D eigenvalue weighted by atomic mass is 9.83. The van der Waals surface area contributed by atoms with Gasteiger partial charge in [-0.05, 0) is 12.8 Å². The number of aliphatic hydroxyl groups is 1. The second-order valence-electron chi connectivity index (χ2n) is 4.84. The summed E-state index contributed by atoms with van der Waals surface area (Å²) in [6.45, 7) is 4.85. The molecule has 2 N–H and O–H groups in total. The van der Waals surface area contributed by atoms with Gasteiger partial charge in [0.1, 0.15) is 0 Å². The molecular weight excluding hydrogens is 247 g/mol. The van der Waals surface area contributed by atoms with Crippen LogP contribution in [0.3, 0.4) is 0 Å². The summed E-state index contributed by atoms with van der Waals surface area (Å²) in [4.78, 5) is 9.97. The molecule has 0 aromatic carbocycles. The highest BCUT2D eigenvalue weighted by molar-refractivity contribution is 5.41. The van der Waals surface area contributed by atoms with Gasteiger partial charge < -0.3 is 15.3 Å². The highest BCUT2D eigenvalue weighted by Crippen LogP contribution is 2.28. The predicted molar refractivity (Wildman–Crippen MR) is 74.9 cm³/mol. The van der Waals surface area contributed by atoms with Crippen molar-refractivity contribution in [3.8, 4) is 0 Å². The van der Waals surface area contributed by atoms with E-state index >= 15 is 0 Å². The van der Waals surface area contributed by atoms with Crippen molar-refractivity contribution in [2.24, 2.45) is 5.41 Å². The Balaban J connectivity index is 2.91. The molecule has 0 atom stereocenters. The van der Waals surface area contributed by atoms with Crippen LogP contribution < -0.4 is 10.2 Å². The van der Waals surface area contributed by atoms with Gasteiger partial charge in [0.15, 0.2) is 11.6 Å². The third kappa shape index (κ3) is 3.53. The zero-order chi connectivity index (χ0) is 14.5. The van der Waals surface area contributed by atoms with Crippen LogP contribution in [0.4, 0.5) is 16.2 Å². The summed E-state index contributed by atoms with van der Waals surface area (Å²) in [6.07, 6.45) is 2.89. The topological polar surface area (TPSA) is 61.3 Å². The quantitative estimate of drug-likeness (QED) is 0.792. The highest BCUT2D eigenvalue weighted by Gasteiger charge is 2.28. The normalized spacial score (nSPS) is 11.5. The van der Waals surface area contributed by atoms with Crippen LogP contribution in [-0.2, 0) is 0 Å². The van der Waals surface area contributed by atoms with E-state index in [0.29, 0.717) is 12.5 Å². The van der Waals surface area contributed by atoms with Gasteiger partial charge in [0.2, 0.25) is 5.95 Å². The first-order valence-corrected chi connectivity index (χ1v) is 6.54. The maximum atomic E-state index is 13.3. The summed E-state index contributed by atoms with van der Waals surface area (Å²) in [6, 6.07) is 0. The molecule has 0 radical (unpaired) electrons. The molecule has 6 heteroatoms. The number of anilines is 2. The Hall–Kier alpha value is -1.43. The molecule has 0 aliphatic carbocycles. The summed E-state index contributed by atoms with van der Waals surface area (Å²) >= 11 is 0. The van der Waals surface area contributed by atoms with Gasteiger partial charge >= 0.3 is 0 Å². The van der Waals surface area contributed by atoms with Crippen molar-refractivity contribution in [1.82, 2.24) is 9.97 Å². The van der Waals surface area contributed by atoms with E-state index in [9.17, 15) is 9.50 Å². The van der Waals surface area contributed by atoms with Crippen LogP contribution in [-0.4, -0.2) is 42.3 Å². The van der Waals surface area contributed by atoms with Crippen molar-refractivity contribution in [1.29, 1.82) is 0 Å². The zero-order valence-corrected chi connectivity index (χ0v) is 12.1. The molecule has 1 aromatic heterocycles. The number of nitrogens with one attached hydrogen (secondary N) is 1. The first kappa shape index (κ1) is 15.6. The summed E-state index contributed by atoms with van der Waals surface area (Å²) in [5.74, 6) is 0.156. The standard InChI is InChI=1S/C13H23FN4O/c1-5-13(6-2,9-19)8-18(4)12-16-7-10(14)11(15-3)17-12/h7,19H,5-6,8-9H2,1-4H3,(H,15,16,17). The Morgan fingerprint density at radius 3 is 2.53 bits per heavy atom. The summed E-state index contributed by atoms with van der Waals surface area (Å²) in [5, 5.41) is 12.3. The minimum atomic E-state index is -0.473.